The lowest BCUT2D eigenvalue weighted by Gasteiger charge is -2.39. The Morgan fingerprint density at radius 2 is 1.73 bits per heavy atom. The minimum absolute atomic E-state index is 0.125. The number of aliphatic carboxylic acids is 1. The lowest BCUT2D eigenvalue weighted by molar-refractivity contribution is -0.192. The Kier molecular flexibility index (Phi) is 7.46. The lowest BCUT2D eigenvalue weighted by atomic mass is 9.78. The van der Waals surface area contributed by atoms with Crippen LogP contribution in [-0.2, 0) is 14.4 Å². The first-order valence-corrected chi connectivity index (χ1v) is 9.56. The zero-order chi connectivity index (χ0) is 22.5. The molecule has 7 nitrogen and oxygen atoms in total. The molecule has 2 aliphatic heterocycles. The van der Waals surface area contributed by atoms with Crippen molar-refractivity contribution in [2.45, 2.75) is 25.4 Å². The van der Waals surface area contributed by atoms with E-state index in [0.717, 1.165) is 38.0 Å². The van der Waals surface area contributed by atoms with Gasteiger partial charge >= 0.3 is 12.1 Å². The van der Waals surface area contributed by atoms with Gasteiger partial charge in [-0.25, -0.2) is 4.79 Å². The monoisotopic (exact) mass is 429 g/mol. The van der Waals surface area contributed by atoms with Gasteiger partial charge in [0.25, 0.3) is 0 Å². The van der Waals surface area contributed by atoms with Crippen molar-refractivity contribution in [2.24, 2.45) is 5.41 Å². The summed E-state index contributed by atoms with van der Waals surface area (Å²) in [7, 11) is 3.80. The standard InChI is InChI=1S/C18H25N3O2.C2HF3O2/c1-19(2)13-16(22)20-11-6-9-18(14-20)10-12-21(17(18)23)15-7-4-3-5-8-15;3-2(4,5)1(6)7/h3-5,7-8H,6,9-14H2,1-2H3;(H,6,7). The summed E-state index contributed by atoms with van der Waals surface area (Å²) in [5.74, 6) is -2.45. The molecule has 10 heteroatoms. The first-order chi connectivity index (χ1) is 14.0. The number of amides is 2. The number of likely N-dealkylation sites (N-methyl/N-ethyl adjacent to an activating group) is 1. The van der Waals surface area contributed by atoms with Gasteiger partial charge in [0, 0.05) is 25.3 Å². The van der Waals surface area contributed by atoms with E-state index >= 15 is 0 Å². The Labute approximate surface area is 173 Å². The number of para-hydroxylation sites is 1. The number of nitrogens with zero attached hydrogens (tertiary/aromatic N) is 3. The van der Waals surface area contributed by atoms with E-state index in [4.69, 9.17) is 9.90 Å². The van der Waals surface area contributed by atoms with Crippen LogP contribution >= 0.6 is 0 Å². The molecule has 1 aromatic rings. The fourth-order valence-electron chi connectivity index (χ4n) is 3.77. The zero-order valence-corrected chi connectivity index (χ0v) is 17.0. The summed E-state index contributed by atoms with van der Waals surface area (Å²) in [4.78, 5) is 40.0. The SMILES string of the molecule is CN(C)CC(=O)N1CCCC2(CCN(c3ccccc3)C2=O)C1.O=C(O)C(F)(F)F. The van der Waals surface area contributed by atoms with Gasteiger partial charge in [0.1, 0.15) is 0 Å². The molecule has 2 amide bonds. The Hall–Kier alpha value is -2.62. The summed E-state index contributed by atoms with van der Waals surface area (Å²) in [6.45, 7) is 2.50. The topological polar surface area (TPSA) is 81.2 Å². The van der Waals surface area contributed by atoms with Crippen molar-refractivity contribution in [1.82, 2.24) is 9.80 Å². The second-order valence-electron chi connectivity index (χ2n) is 7.78. The Morgan fingerprint density at radius 3 is 2.27 bits per heavy atom. The number of carbonyl (C=O) groups excluding carboxylic acids is 2. The van der Waals surface area contributed by atoms with Crippen molar-refractivity contribution in [2.75, 3.05) is 45.2 Å². The maximum Gasteiger partial charge on any atom is 0.490 e. The maximum atomic E-state index is 13.1. The molecular formula is C20H26F3N3O4. The van der Waals surface area contributed by atoms with Gasteiger partial charge in [-0.15, -0.1) is 0 Å². The summed E-state index contributed by atoms with van der Waals surface area (Å²) in [5, 5.41) is 7.12. The fourth-order valence-corrected chi connectivity index (χ4v) is 3.77. The van der Waals surface area contributed by atoms with Gasteiger partial charge in [-0.2, -0.15) is 13.2 Å². The van der Waals surface area contributed by atoms with Crippen LogP contribution in [0, 0.1) is 5.41 Å². The molecule has 2 fully saturated rings. The number of benzene rings is 1. The highest BCUT2D eigenvalue weighted by molar-refractivity contribution is 6.00. The van der Waals surface area contributed by atoms with E-state index in [1.54, 1.807) is 0 Å². The van der Waals surface area contributed by atoms with Crippen molar-refractivity contribution in [3.63, 3.8) is 0 Å². The number of halogens is 3. The molecule has 0 aliphatic carbocycles. The van der Waals surface area contributed by atoms with Crippen LogP contribution in [0.2, 0.25) is 0 Å². The van der Waals surface area contributed by atoms with Crippen LogP contribution in [0.3, 0.4) is 0 Å². The molecular weight excluding hydrogens is 403 g/mol. The molecule has 1 atom stereocenters. The molecule has 1 spiro atoms. The van der Waals surface area contributed by atoms with Crippen molar-refractivity contribution in [3.05, 3.63) is 30.3 Å². The highest BCUT2D eigenvalue weighted by atomic mass is 19.4. The van der Waals surface area contributed by atoms with Gasteiger partial charge in [0.2, 0.25) is 11.8 Å². The molecule has 3 rings (SSSR count). The predicted molar refractivity (Wildman–Crippen MR) is 104 cm³/mol. The third-order valence-corrected chi connectivity index (χ3v) is 5.20. The van der Waals surface area contributed by atoms with Crippen LogP contribution in [-0.4, -0.2) is 79.1 Å². The Bertz CT molecular complexity index is 770. The second kappa shape index (κ2) is 9.46. The van der Waals surface area contributed by atoms with Gasteiger partial charge in [-0.1, -0.05) is 18.2 Å². The summed E-state index contributed by atoms with van der Waals surface area (Å²) >= 11 is 0. The number of carboxylic acids is 1. The predicted octanol–water partition coefficient (Wildman–Crippen LogP) is 2.23. The summed E-state index contributed by atoms with van der Waals surface area (Å²) in [6.07, 6.45) is -2.44. The Morgan fingerprint density at radius 1 is 1.13 bits per heavy atom. The fraction of sp³-hybridized carbons (Fsp3) is 0.550. The molecule has 0 bridgehead atoms. The molecule has 166 valence electrons. The number of anilines is 1. The van der Waals surface area contributed by atoms with Crippen LogP contribution in [0.4, 0.5) is 18.9 Å². The Balaban J connectivity index is 0.000000396. The van der Waals surface area contributed by atoms with Crippen molar-refractivity contribution >= 4 is 23.5 Å². The molecule has 1 unspecified atom stereocenters. The lowest BCUT2D eigenvalue weighted by Crippen LogP contribution is -2.51. The third kappa shape index (κ3) is 5.71. The first kappa shape index (κ1) is 23.7. The average Bonchev–Trinajstić information content (AvgIpc) is 2.97. The minimum atomic E-state index is -5.08. The van der Waals surface area contributed by atoms with Gasteiger partial charge in [0.15, 0.2) is 0 Å². The molecule has 0 aromatic heterocycles. The molecule has 0 saturated carbocycles. The number of rotatable bonds is 3. The van der Waals surface area contributed by atoms with Crippen LogP contribution < -0.4 is 4.90 Å². The number of likely N-dealkylation sites (tertiary alicyclic amines) is 1. The number of carboxylic acid groups (broad SMARTS) is 1. The smallest absolute Gasteiger partial charge is 0.475 e. The molecule has 1 aromatic carbocycles. The normalized spacial score (nSPS) is 21.6. The van der Waals surface area contributed by atoms with Crippen LogP contribution in [0.1, 0.15) is 19.3 Å². The van der Waals surface area contributed by atoms with E-state index in [-0.39, 0.29) is 17.2 Å². The minimum Gasteiger partial charge on any atom is -0.475 e. The van der Waals surface area contributed by atoms with E-state index in [1.165, 1.54) is 0 Å². The van der Waals surface area contributed by atoms with Gasteiger partial charge in [0.05, 0.1) is 12.0 Å². The zero-order valence-electron chi connectivity index (χ0n) is 17.0. The number of hydrogen-bond acceptors (Lipinski definition) is 4. The molecule has 2 saturated heterocycles. The van der Waals surface area contributed by atoms with Gasteiger partial charge in [-0.05, 0) is 45.5 Å². The van der Waals surface area contributed by atoms with Gasteiger partial charge in [-0.3, -0.25) is 9.59 Å². The first-order valence-electron chi connectivity index (χ1n) is 9.56. The van der Waals surface area contributed by atoms with E-state index in [0.29, 0.717) is 13.1 Å². The highest BCUT2D eigenvalue weighted by Gasteiger charge is 2.49. The van der Waals surface area contributed by atoms with E-state index < -0.39 is 12.1 Å². The largest absolute Gasteiger partial charge is 0.490 e. The summed E-state index contributed by atoms with van der Waals surface area (Å²) < 4.78 is 31.7. The molecule has 1 N–H and O–H groups in total. The second-order valence-corrected chi connectivity index (χ2v) is 7.78. The van der Waals surface area contributed by atoms with Crippen molar-refractivity contribution in [1.29, 1.82) is 0 Å². The average molecular weight is 429 g/mol. The highest BCUT2D eigenvalue weighted by Crippen LogP contribution is 2.41. The summed E-state index contributed by atoms with van der Waals surface area (Å²) in [5.41, 5.74) is 0.585. The molecule has 30 heavy (non-hydrogen) atoms. The number of alkyl halides is 3. The van der Waals surface area contributed by atoms with Crippen LogP contribution in [0.5, 0.6) is 0 Å². The number of carbonyl (C=O) groups is 3. The van der Waals surface area contributed by atoms with E-state index in [2.05, 4.69) is 0 Å². The molecule has 2 aliphatic rings. The molecule has 0 radical (unpaired) electrons. The van der Waals surface area contributed by atoms with Crippen molar-refractivity contribution in [3.8, 4) is 0 Å². The van der Waals surface area contributed by atoms with E-state index in [9.17, 15) is 22.8 Å². The van der Waals surface area contributed by atoms with Crippen molar-refractivity contribution < 1.29 is 32.7 Å². The number of hydrogen-bond donors (Lipinski definition) is 1. The third-order valence-electron chi connectivity index (χ3n) is 5.20. The van der Waals surface area contributed by atoms with E-state index in [1.807, 2.05) is 59.1 Å². The van der Waals surface area contributed by atoms with Crippen LogP contribution in [0.15, 0.2) is 30.3 Å². The summed E-state index contributed by atoms with van der Waals surface area (Å²) in [6, 6.07) is 9.84. The number of piperidine rings is 1. The quantitative estimate of drug-likeness (QED) is 0.797. The maximum absolute atomic E-state index is 13.1. The van der Waals surface area contributed by atoms with Gasteiger partial charge < -0.3 is 19.8 Å². The molecule has 2 heterocycles. The van der Waals surface area contributed by atoms with Crippen LogP contribution in [0.25, 0.3) is 0 Å².